The molecular formula is C27H35N3O5. The highest BCUT2D eigenvalue weighted by Crippen LogP contribution is 2.23. The van der Waals surface area contributed by atoms with Gasteiger partial charge >= 0.3 is 0 Å². The summed E-state index contributed by atoms with van der Waals surface area (Å²) < 4.78 is 17.0. The third-order valence-corrected chi connectivity index (χ3v) is 6.10. The van der Waals surface area contributed by atoms with E-state index >= 15 is 0 Å². The molecule has 2 aromatic carbocycles. The van der Waals surface area contributed by atoms with Crippen LogP contribution in [0.15, 0.2) is 48.5 Å². The van der Waals surface area contributed by atoms with Gasteiger partial charge in [0.15, 0.2) is 5.78 Å². The van der Waals surface area contributed by atoms with Crippen LogP contribution in [0.2, 0.25) is 0 Å². The minimum Gasteiger partial charge on any atom is -0.457 e. The summed E-state index contributed by atoms with van der Waals surface area (Å²) in [4.78, 5) is 24.3. The van der Waals surface area contributed by atoms with Crippen molar-refractivity contribution in [3.63, 3.8) is 0 Å². The molecule has 0 aliphatic carbocycles. The molecule has 2 aliphatic rings. The van der Waals surface area contributed by atoms with E-state index in [1.54, 1.807) is 0 Å². The Morgan fingerprint density at radius 2 is 1.37 bits per heavy atom. The number of hydrogen-bond acceptors (Lipinski definition) is 7. The molecule has 3 N–H and O–H groups in total. The maximum atomic E-state index is 12.2. The van der Waals surface area contributed by atoms with E-state index in [0.29, 0.717) is 36.7 Å². The van der Waals surface area contributed by atoms with Crippen LogP contribution in [0.1, 0.15) is 31.2 Å². The molecule has 0 radical (unpaired) electrons. The largest absolute Gasteiger partial charge is 0.457 e. The highest BCUT2D eigenvalue weighted by molar-refractivity contribution is 5.92. The molecule has 2 atom stereocenters. The molecule has 188 valence electrons. The molecule has 2 saturated heterocycles. The number of rotatable bonds is 13. The van der Waals surface area contributed by atoms with Gasteiger partial charge in [-0.3, -0.25) is 9.59 Å². The van der Waals surface area contributed by atoms with Crippen LogP contribution in [0.3, 0.4) is 0 Å². The molecule has 2 heterocycles. The standard InChI is InChI=1S/C27H35N3O5/c31-22(16-28-17-25-3-1-13-33-25)15-20-5-9-23(10-6-20)35-24-11-7-21(8-12-24)30-27(32)19-29-18-26-4-2-14-34-26/h5-12,25-26,28-29H,1-4,13-19H2,(H,30,32)/t25-,26-/m1/s1. The molecule has 0 spiro atoms. The number of ketones is 1. The Hall–Kier alpha value is -2.78. The van der Waals surface area contributed by atoms with Gasteiger partial charge in [0.05, 0.1) is 25.3 Å². The van der Waals surface area contributed by atoms with Crippen LogP contribution in [-0.2, 0) is 25.5 Å². The van der Waals surface area contributed by atoms with Crippen molar-refractivity contribution in [2.75, 3.05) is 44.7 Å². The summed E-state index contributed by atoms with van der Waals surface area (Å²) in [6.45, 7) is 3.66. The number of benzene rings is 2. The topological polar surface area (TPSA) is 97.9 Å². The zero-order chi connectivity index (χ0) is 24.3. The van der Waals surface area contributed by atoms with Gasteiger partial charge < -0.3 is 30.2 Å². The first-order valence-electron chi connectivity index (χ1n) is 12.5. The fourth-order valence-corrected chi connectivity index (χ4v) is 4.24. The second-order valence-corrected chi connectivity index (χ2v) is 9.07. The first kappa shape index (κ1) is 25.3. The predicted octanol–water partition coefficient (Wildman–Crippen LogP) is 3.07. The zero-order valence-corrected chi connectivity index (χ0v) is 20.1. The average Bonchev–Trinajstić information content (AvgIpc) is 3.56. The van der Waals surface area contributed by atoms with E-state index in [4.69, 9.17) is 14.2 Å². The molecule has 2 aliphatic heterocycles. The number of anilines is 1. The van der Waals surface area contributed by atoms with E-state index in [1.165, 1.54) is 0 Å². The SMILES string of the molecule is O=C(CNC[C@H]1CCCO1)Cc1ccc(Oc2ccc(NC(=O)CNC[C@H]3CCCO3)cc2)cc1. The van der Waals surface area contributed by atoms with E-state index in [1.807, 2.05) is 48.5 Å². The second kappa shape index (κ2) is 13.3. The van der Waals surface area contributed by atoms with Crippen molar-refractivity contribution in [3.05, 3.63) is 54.1 Å². The molecule has 2 aromatic rings. The normalized spacial score (nSPS) is 19.5. The summed E-state index contributed by atoms with van der Waals surface area (Å²) in [6.07, 6.45) is 5.14. The van der Waals surface area contributed by atoms with Gasteiger partial charge in [0, 0.05) is 38.4 Å². The van der Waals surface area contributed by atoms with Crippen LogP contribution in [0.25, 0.3) is 0 Å². The first-order valence-corrected chi connectivity index (χ1v) is 12.5. The van der Waals surface area contributed by atoms with E-state index < -0.39 is 0 Å². The van der Waals surface area contributed by atoms with Crippen LogP contribution < -0.4 is 20.7 Å². The second-order valence-electron chi connectivity index (χ2n) is 9.07. The van der Waals surface area contributed by atoms with E-state index in [2.05, 4.69) is 16.0 Å². The number of carbonyl (C=O) groups excluding carboxylic acids is 2. The molecule has 0 unspecified atom stereocenters. The molecule has 4 rings (SSSR count). The molecule has 2 fully saturated rings. The van der Waals surface area contributed by atoms with Gasteiger partial charge in [0.25, 0.3) is 0 Å². The summed E-state index contributed by atoms with van der Waals surface area (Å²) in [7, 11) is 0. The smallest absolute Gasteiger partial charge is 0.238 e. The van der Waals surface area contributed by atoms with Crippen LogP contribution in [-0.4, -0.2) is 63.3 Å². The van der Waals surface area contributed by atoms with Crippen LogP contribution in [0, 0.1) is 0 Å². The Morgan fingerprint density at radius 1 is 0.800 bits per heavy atom. The lowest BCUT2D eigenvalue weighted by molar-refractivity contribution is -0.118. The molecular weight excluding hydrogens is 446 g/mol. The maximum absolute atomic E-state index is 12.2. The molecule has 0 aromatic heterocycles. The minimum absolute atomic E-state index is 0.0936. The van der Waals surface area contributed by atoms with E-state index in [-0.39, 0.29) is 30.4 Å². The molecule has 1 amide bonds. The van der Waals surface area contributed by atoms with Crippen molar-refractivity contribution in [3.8, 4) is 11.5 Å². The Bertz CT molecular complexity index is 859. The minimum atomic E-state index is -0.0936. The van der Waals surface area contributed by atoms with Crippen molar-refractivity contribution in [2.24, 2.45) is 0 Å². The number of ether oxygens (including phenoxy) is 3. The lowest BCUT2D eigenvalue weighted by Crippen LogP contribution is -2.33. The summed E-state index contributed by atoms with van der Waals surface area (Å²) >= 11 is 0. The summed E-state index contributed by atoms with van der Waals surface area (Å²) in [5, 5.41) is 9.21. The Kier molecular flexibility index (Phi) is 9.65. The van der Waals surface area contributed by atoms with E-state index in [0.717, 1.165) is 51.0 Å². The van der Waals surface area contributed by atoms with Gasteiger partial charge in [-0.2, -0.15) is 0 Å². The number of amides is 1. The van der Waals surface area contributed by atoms with Gasteiger partial charge in [-0.25, -0.2) is 0 Å². The molecule has 8 heteroatoms. The highest BCUT2D eigenvalue weighted by Gasteiger charge is 2.16. The zero-order valence-electron chi connectivity index (χ0n) is 20.1. The quantitative estimate of drug-likeness (QED) is 0.405. The maximum Gasteiger partial charge on any atom is 0.238 e. The third kappa shape index (κ3) is 8.74. The predicted molar refractivity (Wildman–Crippen MR) is 134 cm³/mol. The van der Waals surface area contributed by atoms with Gasteiger partial charge in [-0.15, -0.1) is 0 Å². The third-order valence-electron chi connectivity index (χ3n) is 6.10. The number of nitrogens with one attached hydrogen (secondary N) is 3. The van der Waals surface area contributed by atoms with Gasteiger partial charge in [0.2, 0.25) is 5.91 Å². The van der Waals surface area contributed by atoms with E-state index in [9.17, 15) is 9.59 Å². The van der Waals surface area contributed by atoms with Crippen LogP contribution in [0.4, 0.5) is 5.69 Å². The lowest BCUT2D eigenvalue weighted by Gasteiger charge is -2.11. The first-order chi connectivity index (χ1) is 17.1. The number of carbonyl (C=O) groups is 2. The molecule has 35 heavy (non-hydrogen) atoms. The Morgan fingerprint density at radius 3 is 1.94 bits per heavy atom. The van der Waals surface area contributed by atoms with Crippen LogP contribution >= 0.6 is 0 Å². The molecule has 0 saturated carbocycles. The van der Waals surface area contributed by atoms with Crippen molar-refractivity contribution in [1.82, 2.24) is 10.6 Å². The number of hydrogen-bond donors (Lipinski definition) is 3. The lowest BCUT2D eigenvalue weighted by atomic mass is 10.1. The Labute approximate surface area is 206 Å². The highest BCUT2D eigenvalue weighted by atomic mass is 16.5. The average molecular weight is 482 g/mol. The van der Waals surface area contributed by atoms with Crippen molar-refractivity contribution in [1.29, 1.82) is 0 Å². The Balaban J connectivity index is 1.15. The summed E-state index contributed by atoms with van der Waals surface area (Å²) in [5.74, 6) is 1.41. The fraction of sp³-hybridized carbons (Fsp3) is 0.481. The van der Waals surface area contributed by atoms with Crippen molar-refractivity contribution in [2.45, 2.75) is 44.3 Å². The summed E-state index contributed by atoms with van der Waals surface area (Å²) in [6, 6.07) is 14.8. The van der Waals surface area contributed by atoms with Crippen LogP contribution in [0.5, 0.6) is 11.5 Å². The van der Waals surface area contributed by atoms with Gasteiger partial charge in [-0.05, 0) is 67.6 Å². The van der Waals surface area contributed by atoms with Gasteiger partial charge in [0.1, 0.15) is 11.5 Å². The molecule has 0 bridgehead atoms. The summed E-state index contributed by atoms with van der Waals surface area (Å²) in [5.41, 5.74) is 1.66. The number of Topliss-reactive ketones (excluding diaryl/α,β-unsaturated/α-hetero) is 1. The fourth-order valence-electron chi connectivity index (χ4n) is 4.24. The molecule has 8 nitrogen and oxygen atoms in total. The van der Waals surface area contributed by atoms with Crippen molar-refractivity contribution >= 4 is 17.4 Å². The van der Waals surface area contributed by atoms with Gasteiger partial charge in [-0.1, -0.05) is 12.1 Å². The monoisotopic (exact) mass is 481 g/mol. The van der Waals surface area contributed by atoms with Crippen molar-refractivity contribution < 1.29 is 23.8 Å².